The Hall–Kier alpha value is -0.630. The van der Waals surface area contributed by atoms with Gasteiger partial charge in [-0.3, -0.25) is 13.7 Å². The van der Waals surface area contributed by atoms with Crippen LogP contribution in [0, 0.1) is 0 Å². The van der Waals surface area contributed by atoms with E-state index in [4.69, 9.17) is 0 Å². The summed E-state index contributed by atoms with van der Waals surface area (Å²) in [7, 11) is 0. The lowest BCUT2D eigenvalue weighted by molar-refractivity contribution is -0.171. The second kappa shape index (κ2) is 2.97. The Kier molecular flexibility index (Phi) is 2.78. The lowest BCUT2D eigenvalue weighted by atomic mass is 10.6. The van der Waals surface area contributed by atoms with Crippen molar-refractivity contribution in [1.29, 1.82) is 0 Å². The van der Waals surface area contributed by atoms with Crippen LogP contribution in [-0.4, -0.2) is 20.8 Å². The van der Waals surface area contributed by atoms with Crippen LogP contribution in [0.25, 0.3) is 0 Å². The maximum atomic E-state index is 11.1. The van der Waals surface area contributed by atoms with Crippen molar-refractivity contribution in [2.75, 3.05) is 0 Å². The zero-order valence-corrected chi connectivity index (χ0v) is 5.08. The standard InChI is InChI=1S/C2H2F3NO3S/c3-2(4,5)1(7)6-10(8)9/h(H,6,7)(H,8,9)/p-1. The van der Waals surface area contributed by atoms with E-state index in [0.717, 1.165) is 0 Å². The summed E-state index contributed by atoms with van der Waals surface area (Å²) in [4.78, 5) is 9.65. The van der Waals surface area contributed by atoms with Crippen LogP contribution in [0.5, 0.6) is 0 Å². The quantitative estimate of drug-likeness (QED) is 0.545. The van der Waals surface area contributed by atoms with Crippen molar-refractivity contribution in [2.45, 2.75) is 6.18 Å². The summed E-state index contributed by atoms with van der Waals surface area (Å²) in [5, 5.41) is 0. The molecule has 0 aromatic rings. The lowest BCUT2D eigenvalue weighted by Gasteiger charge is -2.08. The van der Waals surface area contributed by atoms with E-state index < -0.39 is 23.3 Å². The molecule has 0 aliphatic rings. The van der Waals surface area contributed by atoms with Gasteiger partial charge in [-0.1, -0.05) is 0 Å². The van der Waals surface area contributed by atoms with E-state index in [1.807, 2.05) is 0 Å². The second-order valence-corrected chi connectivity index (χ2v) is 1.84. The van der Waals surface area contributed by atoms with Gasteiger partial charge in [0.15, 0.2) is 0 Å². The number of carbonyl (C=O) groups excluding carboxylic acids is 1. The number of halogens is 3. The molecule has 0 bridgehead atoms. The Morgan fingerprint density at radius 2 is 1.90 bits per heavy atom. The van der Waals surface area contributed by atoms with Gasteiger partial charge in [0.1, 0.15) is 0 Å². The number of rotatable bonds is 1. The van der Waals surface area contributed by atoms with Gasteiger partial charge < -0.3 is 4.55 Å². The minimum absolute atomic E-state index is 0.635. The van der Waals surface area contributed by atoms with Crippen LogP contribution in [0.2, 0.25) is 0 Å². The average molecular weight is 176 g/mol. The van der Waals surface area contributed by atoms with Crippen molar-refractivity contribution in [2.24, 2.45) is 0 Å². The molecule has 0 radical (unpaired) electrons. The third kappa shape index (κ3) is 3.41. The third-order valence-electron chi connectivity index (χ3n) is 0.433. The molecule has 0 aromatic heterocycles. The van der Waals surface area contributed by atoms with E-state index in [1.165, 1.54) is 0 Å². The molecule has 1 atom stereocenters. The summed E-state index contributed by atoms with van der Waals surface area (Å²) in [6.07, 6.45) is -5.15. The van der Waals surface area contributed by atoms with Crippen LogP contribution in [0.15, 0.2) is 0 Å². The van der Waals surface area contributed by atoms with Gasteiger partial charge in [0.25, 0.3) is 0 Å². The third-order valence-corrected chi connectivity index (χ3v) is 0.786. The smallest absolute Gasteiger partial charge is 0.472 e. The fourth-order valence-corrected chi connectivity index (χ4v) is 0.401. The number of hydrogen-bond donors (Lipinski definition) is 1. The molecule has 0 heterocycles. The second-order valence-electron chi connectivity index (χ2n) is 1.16. The van der Waals surface area contributed by atoms with E-state index in [9.17, 15) is 26.7 Å². The largest absolute Gasteiger partial charge is 0.755 e. The van der Waals surface area contributed by atoms with Crippen LogP contribution in [0.4, 0.5) is 13.2 Å². The van der Waals surface area contributed by atoms with Crippen LogP contribution in [-0.2, 0) is 16.1 Å². The van der Waals surface area contributed by atoms with Crippen molar-refractivity contribution in [1.82, 2.24) is 4.72 Å². The SMILES string of the molecule is O=C(NS(=O)[O-])C(F)(F)F. The summed E-state index contributed by atoms with van der Waals surface area (Å²) >= 11 is -3.21. The summed E-state index contributed by atoms with van der Waals surface area (Å²) < 4.78 is 52.9. The monoisotopic (exact) mass is 176 g/mol. The Labute approximate surface area is 55.8 Å². The van der Waals surface area contributed by atoms with E-state index in [-0.39, 0.29) is 0 Å². The first-order chi connectivity index (χ1) is 4.34. The number of alkyl halides is 3. The van der Waals surface area contributed by atoms with E-state index in [1.54, 1.807) is 0 Å². The van der Waals surface area contributed by atoms with Crippen LogP contribution in [0.1, 0.15) is 0 Å². The lowest BCUT2D eigenvalue weighted by Crippen LogP contribution is -2.37. The molecule has 10 heavy (non-hydrogen) atoms. The minimum atomic E-state index is -5.15. The van der Waals surface area contributed by atoms with Crippen molar-refractivity contribution in [3.63, 3.8) is 0 Å². The molecule has 0 rings (SSSR count). The molecule has 0 saturated carbocycles. The van der Waals surface area contributed by atoms with Crippen molar-refractivity contribution in [3.05, 3.63) is 0 Å². The van der Waals surface area contributed by atoms with Gasteiger partial charge >= 0.3 is 12.1 Å². The van der Waals surface area contributed by atoms with Gasteiger partial charge in [-0.25, -0.2) is 0 Å². The van der Waals surface area contributed by atoms with Crippen molar-refractivity contribution < 1.29 is 26.7 Å². The fourth-order valence-electron chi connectivity index (χ4n) is 0.134. The Bertz CT molecular complexity index is 166. The highest BCUT2D eigenvalue weighted by molar-refractivity contribution is 7.77. The van der Waals surface area contributed by atoms with Gasteiger partial charge in [-0.15, -0.1) is 0 Å². The summed E-state index contributed by atoms with van der Waals surface area (Å²) in [5.74, 6) is -2.50. The Morgan fingerprint density at radius 1 is 1.50 bits per heavy atom. The first-order valence-corrected chi connectivity index (χ1v) is 2.88. The van der Waals surface area contributed by atoms with E-state index in [0.29, 0.717) is 4.72 Å². The van der Waals surface area contributed by atoms with Crippen LogP contribution >= 0.6 is 0 Å². The Morgan fingerprint density at radius 3 is 2.00 bits per heavy atom. The topological polar surface area (TPSA) is 69.2 Å². The zero-order valence-electron chi connectivity index (χ0n) is 4.27. The van der Waals surface area contributed by atoms with Crippen LogP contribution < -0.4 is 4.72 Å². The summed E-state index contributed by atoms with van der Waals surface area (Å²) in [6.45, 7) is 0. The predicted molar refractivity (Wildman–Crippen MR) is 23.1 cm³/mol. The van der Waals surface area contributed by atoms with E-state index >= 15 is 0 Å². The molecule has 1 unspecified atom stereocenters. The highest BCUT2D eigenvalue weighted by Crippen LogP contribution is 2.13. The number of amides is 1. The van der Waals surface area contributed by atoms with Gasteiger partial charge in [0.05, 0.1) is 0 Å². The molecule has 0 aliphatic heterocycles. The van der Waals surface area contributed by atoms with E-state index in [2.05, 4.69) is 0 Å². The van der Waals surface area contributed by atoms with Gasteiger partial charge in [0, 0.05) is 11.3 Å². The molecule has 60 valence electrons. The molecule has 0 spiro atoms. The minimum Gasteiger partial charge on any atom is -0.755 e. The molecule has 0 saturated heterocycles. The maximum absolute atomic E-state index is 11.1. The summed E-state index contributed by atoms with van der Waals surface area (Å²) in [5.41, 5.74) is 0. The predicted octanol–water partition coefficient (Wildman–Crippen LogP) is -0.541. The number of hydrogen-bond acceptors (Lipinski definition) is 3. The molecule has 4 nitrogen and oxygen atoms in total. The maximum Gasteiger partial charge on any atom is 0.472 e. The van der Waals surface area contributed by atoms with Crippen molar-refractivity contribution in [3.8, 4) is 0 Å². The zero-order chi connectivity index (χ0) is 8.36. The average Bonchev–Trinajstić information content (AvgIpc) is 1.60. The van der Waals surface area contributed by atoms with Crippen molar-refractivity contribution >= 4 is 17.2 Å². The molecular weight excluding hydrogens is 175 g/mol. The molecule has 0 fully saturated rings. The van der Waals surface area contributed by atoms with Gasteiger partial charge in [-0.05, 0) is 0 Å². The fraction of sp³-hybridized carbons (Fsp3) is 0.500. The van der Waals surface area contributed by atoms with Gasteiger partial charge in [-0.2, -0.15) is 13.2 Å². The first kappa shape index (κ1) is 9.37. The molecule has 0 aliphatic carbocycles. The summed E-state index contributed by atoms with van der Waals surface area (Å²) in [6, 6.07) is 0. The number of carbonyl (C=O) groups is 1. The molecule has 0 aromatic carbocycles. The highest BCUT2D eigenvalue weighted by Gasteiger charge is 2.38. The molecular formula is C2HF3NO3S-. The molecule has 1 amide bonds. The van der Waals surface area contributed by atoms with Crippen LogP contribution in [0.3, 0.4) is 0 Å². The van der Waals surface area contributed by atoms with Gasteiger partial charge in [0.2, 0.25) is 0 Å². The first-order valence-electron chi connectivity index (χ1n) is 1.81. The molecule has 1 N–H and O–H groups in total. The number of nitrogens with one attached hydrogen (secondary N) is 1. The Balaban J connectivity index is 3.99. The molecule has 8 heteroatoms. The normalized spacial score (nSPS) is 14.4. The highest BCUT2D eigenvalue weighted by atomic mass is 32.2.